The molecule has 8 atom stereocenters. The highest BCUT2D eigenvalue weighted by Gasteiger charge is 2.43. The molecule has 14 heteroatoms. The van der Waals surface area contributed by atoms with Crippen molar-refractivity contribution in [3.05, 3.63) is 69.3 Å². The number of nitrogens with one attached hydrogen (secondary N) is 2. The third-order valence-electron chi connectivity index (χ3n) is 12.4. The molecule has 0 radical (unpaired) electrons. The highest BCUT2D eigenvalue weighted by Crippen LogP contribution is 2.42. The second-order valence-corrected chi connectivity index (χ2v) is 17.6. The first-order valence-corrected chi connectivity index (χ1v) is 22.0. The molecular formula is C45H63N5O8S. The van der Waals surface area contributed by atoms with E-state index in [1.807, 2.05) is 6.92 Å². The van der Waals surface area contributed by atoms with Crippen LogP contribution in [0, 0.1) is 20.8 Å². The standard InChI is InChI=1S/C45H63N5O8S/c1-9-29-24(3)33-21-37-40(28(7)57-16-11-17-59-45-44(56)43(55)42(54)38(22-52)58-45)26(5)35(48-37)20-34-25(4)30(12-13-39(53)50(8)14-10-15-51)41(49-34)27(6)32-18-23(2)31(46-32)19-36(29)47-33/h18-21,25,28,30,38,42-46,48,51-52,54-56H,9-17,22H2,1-8H3/t25-,28?,30-,38+,42+,43-,44+,45-/m0/s1. The van der Waals surface area contributed by atoms with Crippen LogP contribution in [0.2, 0.25) is 0 Å². The minimum absolute atomic E-state index is 0.0141. The van der Waals surface area contributed by atoms with Gasteiger partial charge in [0.15, 0.2) is 0 Å². The van der Waals surface area contributed by atoms with Crippen molar-refractivity contribution in [2.75, 3.05) is 39.2 Å². The predicted molar refractivity (Wildman–Crippen MR) is 233 cm³/mol. The van der Waals surface area contributed by atoms with Gasteiger partial charge >= 0.3 is 0 Å². The number of amides is 1. The molecule has 0 spiro atoms. The summed E-state index contributed by atoms with van der Waals surface area (Å²) in [5.74, 6) is 0.673. The Morgan fingerprint density at radius 3 is 2.36 bits per heavy atom. The summed E-state index contributed by atoms with van der Waals surface area (Å²) >= 11 is 1.32. The Morgan fingerprint density at radius 2 is 1.64 bits per heavy atom. The van der Waals surface area contributed by atoms with Crippen molar-refractivity contribution in [2.24, 2.45) is 0 Å². The van der Waals surface area contributed by atoms with Crippen LogP contribution >= 0.6 is 11.8 Å². The lowest BCUT2D eigenvalue weighted by atomic mass is 9.86. The normalized spacial score (nSPS) is 23.8. The van der Waals surface area contributed by atoms with Crippen molar-refractivity contribution in [3.8, 4) is 0 Å². The number of fused-ring (bicyclic) bond motifs is 8. The van der Waals surface area contributed by atoms with Gasteiger partial charge in [-0.3, -0.25) is 9.78 Å². The molecule has 8 bridgehead atoms. The molecule has 1 amide bonds. The summed E-state index contributed by atoms with van der Waals surface area (Å²) in [6.07, 6.45) is -2.26. The Morgan fingerprint density at radius 1 is 0.932 bits per heavy atom. The fourth-order valence-corrected chi connectivity index (χ4v) is 9.74. The second kappa shape index (κ2) is 19.4. The second-order valence-electron chi connectivity index (χ2n) is 16.4. The lowest BCUT2D eigenvalue weighted by Gasteiger charge is -2.39. The maximum atomic E-state index is 13.2. The molecule has 3 aliphatic heterocycles. The topological polar surface area (TPSA) is 197 Å². The van der Waals surface area contributed by atoms with Crippen LogP contribution in [0.15, 0.2) is 24.3 Å². The fraction of sp³-hybridized carbons (Fsp3) is 0.578. The number of H-pyrrole nitrogens is 2. The van der Waals surface area contributed by atoms with E-state index < -0.39 is 36.5 Å². The largest absolute Gasteiger partial charge is 0.396 e. The van der Waals surface area contributed by atoms with Gasteiger partial charge in [-0.25, -0.2) is 4.98 Å². The van der Waals surface area contributed by atoms with Crippen LogP contribution in [0.25, 0.3) is 33.2 Å². The van der Waals surface area contributed by atoms with Gasteiger partial charge in [0.1, 0.15) is 29.9 Å². The third-order valence-corrected chi connectivity index (χ3v) is 13.7. The highest BCUT2D eigenvalue weighted by molar-refractivity contribution is 7.99. The number of ether oxygens (including phenoxy) is 2. The summed E-state index contributed by atoms with van der Waals surface area (Å²) in [4.78, 5) is 32.9. The zero-order valence-electron chi connectivity index (χ0n) is 35.7. The molecule has 3 aliphatic rings. The predicted octanol–water partition coefficient (Wildman–Crippen LogP) is 6.09. The Labute approximate surface area is 351 Å². The molecule has 59 heavy (non-hydrogen) atoms. The van der Waals surface area contributed by atoms with Crippen LogP contribution in [-0.2, 0) is 14.3 Å². The molecule has 3 aromatic heterocycles. The molecule has 6 rings (SSSR count). The first-order chi connectivity index (χ1) is 28.2. The number of carbonyl (C=O) groups excluding carboxylic acids is 1. The summed E-state index contributed by atoms with van der Waals surface area (Å²) in [5, 5.41) is 49.7. The number of rotatable bonds is 15. The molecule has 1 fully saturated rings. The van der Waals surface area contributed by atoms with Crippen molar-refractivity contribution >= 4 is 50.9 Å². The summed E-state index contributed by atoms with van der Waals surface area (Å²) in [5.41, 5.74) is 13.3. The van der Waals surface area contributed by atoms with Crippen molar-refractivity contribution in [3.63, 3.8) is 0 Å². The first kappa shape index (κ1) is 44.9. The Kier molecular flexibility index (Phi) is 14.8. The number of aliphatic hydroxyl groups excluding tert-OH is 5. The van der Waals surface area contributed by atoms with E-state index >= 15 is 0 Å². The minimum Gasteiger partial charge on any atom is -0.396 e. The number of thioether (sulfide) groups is 1. The van der Waals surface area contributed by atoms with Gasteiger partial charge in [-0.2, -0.15) is 0 Å². The molecule has 7 N–H and O–H groups in total. The molecule has 0 aliphatic carbocycles. The molecule has 0 saturated carbocycles. The van der Waals surface area contributed by atoms with Crippen LogP contribution in [0.1, 0.15) is 123 Å². The number of aromatic nitrogens is 4. The minimum atomic E-state index is -1.40. The van der Waals surface area contributed by atoms with Gasteiger partial charge in [0.05, 0.1) is 24.1 Å². The maximum Gasteiger partial charge on any atom is 0.222 e. The maximum absolute atomic E-state index is 13.2. The summed E-state index contributed by atoms with van der Waals surface area (Å²) < 4.78 is 12.2. The molecule has 1 unspecified atom stereocenters. The van der Waals surface area contributed by atoms with E-state index in [2.05, 4.69) is 75.8 Å². The van der Waals surface area contributed by atoms with E-state index in [-0.39, 0.29) is 30.5 Å². The van der Waals surface area contributed by atoms with Crippen LogP contribution in [0.4, 0.5) is 0 Å². The van der Waals surface area contributed by atoms with E-state index in [0.29, 0.717) is 44.6 Å². The number of allylic oxidation sites excluding steroid dienone is 2. The molecule has 13 nitrogen and oxygen atoms in total. The van der Waals surface area contributed by atoms with Crippen molar-refractivity contribution < 1.29 is 39.8 Å². The van der Waals surface area contributed by atoms with E-state index in [1.165, 1.54) is 17.3 Å². The van der Waals surface area contributed by atoms with Crippen LogP contribution in [0.5, 0.6) is 0 Å². The van der Waals surface area contributed by atoms with Gasteiger partial charge in [-0.15, -0.1) is 11.8 Å². The van der Waals surface area contributed by atoms with E-state index in [0.717, 1.165) is 79.1 Å². The summed E-state index contributed by atoms with van der Waals surface area (Å²) in [7, 11) is 1.80. The smallest absolute Gasteiger partial charge is 0.222 e. The quantitative estimate of drug-likeness (QED) is 0.0876. The van der Waals surface area contributed by atoms with Gasteiger partial charge in [0.2, 0.25) is 5.91 Å². The summed E-state index contributed by atoms with van der Waals surface area (Å²) in [6.45, 7) is 15.4. The number of aromatic amines is 2. The Hall–Kier alpha value is -3.60. The number of aliphatic hydroxyl groups is 5. The number of hydrogen-bond donors (Lipinski definition) is 7. The monoisotopic (exact) mass is 833 g/mol. The molecule has 322 valence electrons. The zero-order valence-corrected chi connectivity index (χ0v) is 36.5. The van der Waals surface area contributed by atoms with Crippen LogP contribution < -0.4 is 0 Å². The first-order valence-electron chi connectivity index (χ1n) is 21.0. The van der Waals surface area contributed by atoms with Crippen molar-refractivity contribution in [2.45, 2.75) is 128 Å². The molecule has 1 saturated heterocycles. The fourth-order valence-electron chi connectivity index (χ4n) is 8.64. The van der Waals surface area contributed by atoms with Gasteiger partial charge in [0, 0.05) is 84.1 Å². The molecule has 6 heterocycles. The SMILES string of the molecule is CCC1=C(C)c2cc3[nH]c(cc4nc(c(C)c5cc(C)c(cc1n2)[nH]5)[C@@H](CCC(=O)N(C)CCCO)[C@@H]4C)c(C)c3C(C)OCCCS[C@@H]1O[C@H](CO)[C@@H](O)[C@H](O)[C@H]1O. The van der Waals surface area contributed by atoms with Crippen molar-refractivity contribution in [1.82, 2.24) is 24.8 Å². The molecular weight excluding hydrogens is 771 g/mol. The number of nitrogens with zero attached hydrogens (tertiary/aromatic N) is 3. The zero-order chi connectivity index (χ0) is 42.7. The Bertz CT molecular complexity index is 2180. The van der Waals surface area contributed by atoms with Gasteiger partial charge < -0.3 is 49.9 Å². The third kappa shape index (κ3) is 9.50. The van der Waals surface area contributed by atoms with Gasteiger partial charge in [-0.05, 0) is 118 Å². The van der Waals surface area contributed by atoms with E-state index in [4.69, 9.17) is 19.4 Å². The average Bonchev–Trinajstić information content (AvgIpc) is 3.92. The van der Waals surface area contributed by atoms with Crippen molar-refractivity contribution in [1.29, 1.82) is 0 Å². The molecule has 0 aromatic carbocycles. The lowest BCUT2D eigenvalue weighted by Crippen LogP contribution is -2.57. The van der Waals surface area contributed by atoms with E-state index in [1.54, 1.807) is 11.9 Å². The lowest BCUT2D eigenvalue weighted by molar-refractivity contribution is -0.205. The van der Waals surface area contributed by atoms with E-state index in [9.17, 15) is 30.3 Å². The number of aryl methyl sites for hydroxylation is 3. The summed E-state index contributed by atoms with van der Waals surface area (Å²) in [6, 6.07) is 8.59. The number of hydrogen-bond acceptors (Lipinski definition) is 11. The van der Waals surface area contributed by atoms with Gasteiger partial charge in [0.25, 0.3) is 0 Å². The highest BCUT2D eigenvalue weighted by atomic mass is 32.2. The van der Waals surface area contributed by atoms with Crippen LogP contribution in [-0.4, -0.2) is 125 Å². The van der Waals surface area contributed by atoms with Crippen LogP contribution in [0.3, 0.4) is 0 Å². The average molecular weight is 834 g/mol. The number of carbonyl (C=O) groups is 1. The van der Waals surface area contributed by atoms with Gasteiger partial charge in [-0.1, -0.05) is 13.8 Å². The Balaban J connectivity index is 1.37. The molecule has 3 aromatic rings.